The average molecular weight is 453 g/mol. The van der Waals surface area contributed by atoms with E-state index in [1.807, 2.05) is 6.92 Å². The van der Waals surface area contributed by atoms with Gasteiger partial charge in [0.1, 0.15) is 10.4 Å². The molecule has 0 spiro atoms. The average Bonchev–Trinajstić information content (AvgIpc) is 3.30. The number of hydrogen-bond donors (Lipinski definition) is 1. The number of aromatic nitrogens is 5. The van der Waals surface area contributed by atoms with Crippen LogP contribution in [0.5, 0.6) is 0 Å². The number of rotatable bonds is 10. The second kappa shape index (κ2) is 10.0. The minimum Gasteiger partial charge on any atom is -0.462 e. The molecule has 0 aromatic carbocycles. The van der Waals surface area contributed by atoms with Crippen LogP contribution in [-0.4, -0.2) is 57.2 Å². The predicted molar refractivity (Wildman–Crippen MR) is 116 cm³/mol. The number of hydrogen-bond acceptors (Lipinski definition) is 10. The van der Waals surface area contributed by atoms with E-state index in [2.05, 4.69) is 20.4 Å². The van der Waals surface area contributed by atoms with Crippen LogP contribution in [-0.2, 0) is 28.8 Å². The molecule has 0 unspecified atom stereocenters. The van der Waals surface area contributed by atoms with E-state index in [1.165, 1.54) is 27.8 Å². The number of thiazole rings is 1. The van der Waals surface area contributed by atoms with Gasteiger partial charge in [-0.05, 0) is 13.8 Å². The number of carbonyl (C=O) groups is 1. The van der Waals surface area contributed by atoms with Gasteiger partial charge in [-0.15, -0.1) is 0 Å². The fourth-order valence-electron chi connectivity index (χ4n) is 2.80. The van der Waals surface area contributed by atoms with Gasteiger partial charge in [0, 0.05) is 33.0 Å². The van der Waals surface area contributed by atoms with Crippen molar-refractivity contribution in [3.05, 3.63) is 27.1 Å². The smallest absolute Gasteiger partial charge is 0.350 e. The Kier molecular flexibility index (Phi) is 7.45. The van der Waals surface area contributed by atoms with Crippen molar-refractivity contribution in [3.8, 4) is 0 Å². The van der Waals surface area contributed by atoms with E-state index in [0.717, 1.165) is 0 Å². The number of aryl methyl sites for hydroxylation is 1. The Bertz CT molecular complexity index is 1090. The van der Waals surface area contributed by atoms with Gasteiger partial charge in [0.05, 0.1) is 25.1 Å². The number of methoxy groups -OCH3 is 1. The molecule has 12 heteroatoms. The molecule has 0 atom stereocenters. The zero-order chi connectivity index (χ0) is 21.7. The molecule has 0 aliphatic rings. The molecular formula is C18H24N6O4S2. The fraction of sp³-hybridized carbons (Fsp3) is 0.500. The molecule has 162 valence electrons. The molecule has 10 nitrogen and oxygen atoms in total. The van der Waals surface area contributed by atoms with Gasteiger partial charge in [-0.2, -0.15) is 5.10 Å². The molecule has 1 N–H and O–H groups in total. The van der Waals surface area contributed by atoms with Crippen LogP contribution in [0.15, 0.2) is 16.1 Å². The standard InChI is InChI=1S/C18H24N6O4S2/c1-5-24-15(25)13-11(9-20-23(13)3)22-18(24)29-10-12-14(16(26)28-6-2)30-17(21-12)19-7-8-27-4/h9H,5-8,10H2,1-4H3,(H,19,21). The van der Waals surface area contributed by atoms with Crippen LogP contribution in [0.25, 0.3) is 11.0 Å². The van der Waals surface area contributed by atoms with Crippen molar-refractivity contribution in [1.82, 2.24) is 24.3 Å². The van der Waals surface area contributed by atoms with E-state index in [9.17, 15) is 9.59 Å². The SMILES string of the molecule is CCOC(=O)c1sc(NCCOC)nc1CSc1nc2cnn(C)c2c(=O)n1CC. The number of fused-ring (bicyclic) bond motifs is 1. The summed E-state index contributed by atoms with van der Waals surface area (Å²) in [5, 5.41) is 8.45. The molecule has 0 radical (unpaired) electrons. The lowest BCUT2D eigenvalue weighted by atomic mass is 10.4. The highest BCUT2D eigenvalue weighted by atomic mass is 32.2. The van der Waals surface area contributed by atoms with E-state index in [-0.39, 0.29) is 12.2 Å². The molecular weight excluding hydrogens is 428 g/mol. The number of anilines is 1. The summed E-state index contributed by atoms with van der Waals surface area (Å²) in [4.78, 5) is 34.8. The zero-order valence-electron chi connectivity index (χ0n) is 17.3. The third-order valence-corrected chi connectivity index (χ3v) is 6.23. The van der Waals surface area contributed by atoms with E-state index in [0.29, 0.717) is 57.3 Å². The summed E-state index contributed by atoms with van der Waals surface area (Å²) in [5.41, 5.74) is 1.45. The molecule has 0 fully saturated rings. The van der Waals surface area contributed by atoms with Gasteiger partial charge in [0.15, 0.2) is 15.8 Å². The third-order valence-electron chi connectivity index (χ3n) is 4.21. The second-order valence-corrected chi connectivity index (χ2v) is 8.11. The van der Waals surface area contributed by atoms with E-state index >= 15 is 0 Å². The minimum absolute atomic E-state index is 0.143. The monoisotopic (exact) mass is 452 g/mol. The van der Waals surface area contributed by atoms with Crippen molar-refractivity contribution < 1.29 is 14.3 Å². The van der Waals surface area contributed by atoms with Gasteiger partial charge >= 0.3 is 5.97 Å². The van der Waals surface area contributed by atoms with Crippen LogP contribution in [0.1, 0.15) is 29.2 Å². The first-order valence-electron chi connectivity index (χ1n) is 9.45. The van der Waals surface area contributed by atoms with Crippen LogP contribution < -0.4 is 10.9 Å². The van der Waals surface area contributed by atoms with Crippen LogP contribution in [0, 0.1) is 0 Å². The summed E-state index contributed by atoms with van der Waals surface area (Å²) >= 11 is 2.60. The van der Waals surface area contributed by atoms with Crippen molar-refractivity contribution in [3.63, 3.8) is 0 Å². The molecule has 0 amide bonds. The van der Waals surface area contributed by atoms with Crippen LogP contribution >= 0.6 is 23.1 Å². The first-order valence-corrected chi connectivity index (χ1v) is 11.2. The summed E-state index contributed by atoms with van der Waals surface area (Å²) in [6.45, 7) is 5.51. The third kappa shape index (κ3) is 4.65. The highest BCUT2D eigenvalue weighted by Gasteiger charge is 2.21. The van der Waals surface area contributed by atoms with Crippen LogP contribution in [0.2, 0.25) is 0 Å². The Morgan fingerprint density at radius 3 is 2.83 bits per heavy atom. The van der Waals surface area contributed by atoms with E-state index in [4.69, 9.17) is 9.47 Å². The van der Waals surface area contributed by atoms with E-state index < -0.39 is 5.97 Å². The summed E-state index contributed by atoms with van der Waals surface area (Å²) in [6, 6.07) is 0. The lowest BCUT2D eigenvalue weighted by Crippen LogP contribution is -2.23. The normalized spacial score (nSPS) is 11.2. The number of carbonyl (C=O) groups excluding carboxylic acids is 1. The Morgan fingerprint density at radius 2 is 2.13 bits per heavy atom. The maximum atomic E-state index is 12.8. The molecule has 3 rings (SSSR count). The lowest BCUT2D eigenvalue weighted by molar-refractivity contribution is 0.0531. The first-order chi connectivity index (χ1) is 14.5. The topological polar surface area (TPSA) is 113 Å². The molecule has 0 aliphatic carbocycles. The molecule has 0 saturated heterocycles. The number of thioether (sulfide) groups is 1. The predicted octanol–water partition coefficient (Wildman–Crippen LogP) is 2.13. The van der Waals surface area contributed by atoms with Gasteiger partial charge in [0.2, 0.25) is 0 Å². The highest BCUT2D eigenvalue weighted by molar-refractivity contribution is 7.98. The number of nitrogens with zero attached hydrogens (tertiary/aromatic N) is 5. The van der Waals surface area contributed by atoms with E-state index in [1.54, 1.807) is 31.8 Å². The van der Waals surface area contributed by atoms with Gasteiger partial charge < -0.3 is 14.8 Å². The largest absolute Gasteiger partial charge is 0.462 e. The van der Waals surface area contributed by atoms with Gasteiger partial charge in [-0.25, -0.2) is 14.8 Å². The summed E-state index contributed by atoms with van der Waals surface area (Å²) in [7, 11) is 3.34. The summed E-state index contributed by atoms with van der Waals surface area (Å²) in [5.74, 6) is -0.0385. The lowest BCUT2D eigenvalue weighted by Gasteiger charge is -2.09. The Morgan fingerprint density at radius 1 is 1.33 bits per heavy atom. The van der Waals surface area contributed by atoms with Crippen molar-refractivity contribution in [2.45, 2.75) is 31.3 Å². The fourth-order valence-corrected chi connectivity index (χ4v) is 4.80. The highest BCUT2D eigenvalue weighted by Crippen LogP contribution is 2.29. The Balaban J connectivity index is 1.88. The Labute approximate surface area is 181 Å². The number of nitrogens with one attached hydrogen (secondary N) is 1. The number of esters is 1. The molecule has 0 aliphatic heterocycles. The maximum Gasteiger partial charge on any atom is 0.350 e. The molecule has 3 aromatic heterocycles. The molecule has 0 saturated carbocycles. The van der Waals surface area contributed by atoms with Crippen molar-refractivity contribution in [2.75, 3.05) is 32.2 Å². The molecule has 30 heavy (non-hydrogen) atoms. The quantitative estimate of drug-likeness (QED) is 0.214. The van der Waals surface area contributed by atoms with Crippen molar-refractivity contribution >= 4 is 45.2 Å². The minimum atomic E-state index is -0.408. The summed E-state index contributed by atoms with van der Waals surface area (Å²) < 4.78 is 13.3. The maximum absolute atomic E-state index is 12.8. The molecule has 3 aromatic rings. The summed E-state index contributed by atoms with van der Waals surface area (Å²) in [6.07, 6.45) is 1.57. The van der Waals surface area contributed by atoms with Crippen LogP contribution in [0.3, 0.4) is 0 Å². The zero-order valence-corrected chi connectivity index (χ0v) is 18.9. The van der Waals surface area contributed by atoms with Gasteiger partial charge in [-0.3, -0.25) is 14.0 Å². The second-order valence-electron chi connectivity index (χ2n) is 6.17. The van der Waals surface area contributed by atoms with Crippen molar-refractivity contribution in [1.29, 1.82) is 0 Å². The number of ether oxygens (including phenoxy) is 2. The Hall–Kier alpha value is -2.44. The molecule has 3 heterocycles. The van der Waals surface area contributed by atoms with Crippen LogP contribution in [0.4, 0.5) is 5.13 Å². The molecule has 0 bridgehead atoms. The van der Waals surface area contributed by atoms with Crippen molar-refractivity contribution in [2.24, 2.45) is 7.05 Å². The van der Waals surface area contributed by atoms with Gasteiger partial charge in [0.25, 0.3) is 5.56 Å². The van der Waals surface area contributed by atoms with Gasteiger partial charge in [-0.1, -0.05) is 23.1 Å². The first kappa shape index (κ1) is 22.2.